The van der Waals surface area contributed by atoms with Crippen molar-refractivity contribution < 1.29 is 4.79 Å². The van der Waals surface area contributed by atoms with Crippen molar-refractivity contribution in [2.45, 2.75) is 26.3 Å². The molecule has 1 amide bonds. The molecule has 0 bridgehead atoms. The minimum atomic E-state index is -0.187. The molecule has 0 spiro atoms. The number of rotatable bonds is 5. The van der Waals surface area contributed by atoms with Crippen LogP contribution in [0.15, 0.2) is 54.9 Å². The molecule has 1 unspecified atom stereocenters. The molecule has 1 aromatic carbocycles. The first-order valence-corrected chi connectivity index (χ1v) is 8.05. The van der Waals surface area contributed by atoms with Crippen molar-refractivity contribution in [2.24, 2.45) is 0 Å². The van der Waals surface area contributed by atoms with Gasteiger partial charge in [-0.2, -0.15) is 5.10 Å². The maximum absolute atomic E-state index is 12.2. The molecule has 0 fully saturated rings. The SMILES string of the molecule is CCC(C)n1nccc1NC(=O)C=Cc1cccc2cccnc12. The van der Waals surface area contributed by atoms with Crippen molar-refractivity contribution >= 4 is 28.7 Å². The second-order valence-electron chi connectivity index (χ2n) is 5.66. The molecule has 1 atom stereocenters. The van der Waals surface area contributed by atoms with E-state index in [1.54, 1.807) is 24.5 Å². The zero-order chi connectivity index (χ0) is 16.9. The lowest BCUT2D eigenvalue weighted by molar-refractivity contribution is -0.111. The molecule has 122 valence electrons. The first-order valence-electron chi connectivity index (χ1n) is 8.05. The highest BCUT2D eigenvalue weighted by Crippen LogP contribution is 2.18. The number of benzene rings is 1. The Hall–Kier alpha value is -2.95. The summed E-state index contributed by atoms with van der Waals surface area (Å²) < 4.78 is 1.82. The summed E-state index contributed by atoms with van der Waals surface area (Å²) in [5.74, 6) is 0.517. The molecule has 0 saturated heterocycles. The Morgan fingerprint density at radius 1 is 1.25 bits per heavy atom. The number of carbonyl (C=O) groups excluding carboxylic acids is 1. The molecule has 0 aliphatic rings. The van der Waals surface area contributed by atoms with Crippen molar-refractivity contribution in [1.82, 2.24) is 14.8 Å². The first-order chi connectivity index (χ1) is 11.7. The maximum atomic E-state index is 12.2. The van der Waals surface area contributed by atoms with Gasteiger partial charge in [-0.15, -0.1) is 0 Å². The number of nitrogens with zero attached hydrogens (tertiary/aromatic N) is 3. The van der Waals surface area contributed by atoms with Gasteiger partial charge in [0.1, 0.15) is 5.82 Å². The minimum Gasteiger partial charge on any atom is -0.307 e. The zero-order valence-electron chi connectivity index (χ0n) is 13.8. The number of aromatic nitrogens is 3. The molecule has 0 aliphatic carbocycles. The Morgan fingerprint density at radius 3 is 2.92 bits per heavy atom. The third-order valence-electron chi connectivity index (χ3n) is 4.01. The molecular formula is C19H20N4O. The summed E-state index contributed by atoms with van der Waals surface area (Å²) in [5.41, 5.74) is 1.80. The smallest absolute Gasteiger partial charge is 0.249 e. The Kier molecular flexibility index (Phi) is 4.70. The number of hydrogen-bond acceptors (Lipinski definition) is 3. The number of fused-ring (bicyclic) bond motifs is 1. The molecule has 0 aliphatic heterocycles. The van der Waals surface area contributed by atoms with E-state index >= 15 is 0 Å². The van der Waals surface area contributed by atoms with Crippen LogP contribution in [0.5, 0.6) is 0 Å². The van der Waals surface area contributed by atoms with E-state index in [9.17, 15) is 4.79 Å². The third kappa shape index (κ3) is 3.35. The monoisotopic (exact) mass is 320 g/mol. The summed E-state index contributed by atoms with van der Waals surface area (Å²) in [6.45, 7) is 4.16. The van der Waals surface area contributed by atoms with Crippen molar-refractivity contribution in [3.05, 3.63) is 60.4 Å². The second-order valence-corrected chi connectivity index (χ2v) is 5.66. The Labute approximate surface area is 141 Å². The van der Waals surface area contributed by atoms with E-state index in [1.807, 2.05) is 35.0 Å². The standard InChI is InChI=1S/C19H20N4O/c1-3-14(2)23-17(11-13-21-23)22-18(24)10-9-16-7-4-6-15-8-5-12-20-19(15)16/h4-14H,3H2,1-2H3,(H,22,24). The Bertz CT molecular complexity index is 876. The van der Waals surface area contributed by atoms with Crippen LogP contribution in [0.2, 0.25) is 0 Å². The average molecular weight is 320 g/mol. The first kappa shape index (κ1) is 15.9. The van der Waals surface area contributed by atoms with E-state index < -0.39 is 0 Å². The number of para-hydroxylation sites is 1. The molecule has 3 rings (SSSR count). The lowest BCUT2D eigenvalue weighted by Gasteiger charge is -2.13. The molecule has 0 saturated carbocycles. The molecule has 24 heavy (non-hydrogen) atoms. The van der Waals surface area contributed by atoms with Gasteiger partial charge in [0.2, 0.25) is 5.91 Å². The van der Waals surface area contributed by atoms with Gasteiger partial charge in [0, 0.05) is 29.3 Å². The summed E-state index contributed by atoms with van der Waals surface area (Å²) in [4.78, 5) is 16.6. The predicted octanol–water partition coefficient (Wildman–Crippen LogP) is 4.05. The van der Waals surface area contributed by atoms with Crippen LogP contribution >= 0.6 is 0 Å². The van der Waals surface area contributed by atoms with Crippen molar-refractivity contribution in [3.8, 4) is 0 Å². The van der Waals surface area contributed by atoms with Gasteiger partial charge in [-0.3, -0.25) is 9.78 Å². The van der Waals surface area contributed by atoms with Crippen LogP contribution in [0, 0.1) is 0 Å². The third-order valence-corrected chi connectivity index (χ3v) is 4.01. The van der Waals surface area contributed by atoms with Crippen LogP contribution in [0.3, 0.4) is 0 Å². The Balaban J connectivity index is 1.77. The van der Waals surface area contributed by atoms with Crippen LogP contribution < -0.4 is 5.32 Å². The normalized spacial score (nSPS) is 12.6. The van der Waals surface area contributed by atoms with Gasteiger partial charge >= 0.3 is 0 Å². The molecule has 1 N–H and O–H groups in total. The number of pyridine rings is 1. The fourth-order valence-corrected chi connectivity index (χ4v) is 2.53. The molecule has 2 aromatic heterocycles. The van der Waals surface area contributed by atoms with Gasteiger partial charge in [-0.25, -0.2) is 4.68 Å². The van der Waals surface area contributed by atoms with Gasteiger partial charge < -0.3 is 5.32 Å². The van der Waals surface area contributed by atoms with E-state index in [4.69, 9.17) is 0 Å². The largest absolute Gasteiger partial charge is 0.307 e. The van der Waals surface area contributed by atoms with Crippen molar-refractivity contribution in [3.63, 3.8) is 0 Å². The fraction of sp³-hybridized carbons (Fsp3) is 0.211. The molecule has 5 heteroatoms. The second kappa shape index (κ2) is 7.08. The van der Waals surface area contributed by atoms with Crippen LogP contribution in [-0.2, 0) is 4.79 Å². The summed E-state index contributed by atoms with van der Waals surface area (Å²) in [6, 6.07) is 11.9. The molecule has 0 radical (unpaired) electrons. The van der Waals surface area contributed by atoms with E-state index in [0.717, 1.165) is 22.9 Å². The van der Waals surface area contributed by atoms with Crippen molar-refractivity contribution in [2.75, 3.05) is 5.32 Å². The molecule has 2 heterocycles. The van der Waals surface area contributed by atoms with Gasteiger partial charge in [-0.1, -0.05) is 31.2 Å². The maximum Gasteiger partial charge on any atom is 0.249 e. The molecule has 3 aromatic rings. The van der Waals surface area contributed by atoms with E-state index in [0.29, 0.717) is 5.82 Å². The van der Waals surface area contributed by atoms with Crippen LogP contribution in [-0.4, -0.2) is 20.7 Å². The van der Waals surface area contributed by atoms with Crippen molar-refractivity contribution in [1.29, 1.82) is 0 Å². The minimum absolute atomic E-state index is 0.187. The number of amides is 1. The van der Waals surface area contributed by atoms with Gasteiger partial charge in [-0.05, 0) is 25.5 Å². The summed E-state index contributed by atoms with van der Waals surface area (Å²) in [6.07, 6.45) is 7.71. The molecular weight excluding hydrogens is 300 g/mol. The van der Waals surface area contributed by atoms with Gasteiger partial charge in [0.25, 0.3) is 0 Å². The van der Waals surface area contributed by atoms with E-state index in [-0.39, 0.29) is 11.9 Å². The quantitative estimate of drug-likeness (QED) is 0.721. The summed E-state index contributed by atoms with van der Waals surface area (Å²) in [5, 5.41) is 8.20. The predicted molar refractivity (Wildman–Crippen MR) is 96.6 cm³/mol. The number of hydrogen-bond donors (Lipinski definition) is 1. The van der Waals surface area contributed by atoms with Crippen LogP contribution in [0.4, 0.5) is 5.82 Å². The molecule has 5 nitrogen and oxygen atoms in total. The lowest BCUT2D eigenvalue weighted by atomic mass is 10.1. The number of nitrogens with one attached hydrogen (secondary N) is 1. The Morgan fingerprint density at radius 2 is 2.08 bits per heavy atom. The average Bonchev–Trinajstić information content (AvgIpc) is 3.07. The van der Waals surface area contributed by atoms with E-state index in [1.165, 1.54) is 6.08 Å². The van der Waals surface area contributed by atoms with Crippen LogP contribution in [0.1, 0.15) is 31.9 Å². The highest BCUT2D eigenvalue weighted by Gasteiger charge is 2.09. The topological polar surface area (TPSA) is 59.8 Å². The number of anilines is 1. The van der Waals surface area contributed by atoms with Crippen LogP contribution in [0.25, 0.3) is 17.0 Å². The lowest BCUT2D eigenvalue weighted by Crippen LogP contribution is -2.15. The number of carbonyl (C=O) groups is 1. The highest BCUT2D eigenvalue weighted by atomic mass is 16.1. The van der Waals surface area contributed by atoms with Gasteiger partial charge in [0.05, 0.1) is 17.8 Å². The zero-order valence-corrected chi connectivity index (χ0v) is 13.8. The summed E-state index contributed by atoms with van der Waals surface area (Å²) in [7, 11) is 0. The van der Waals surface area contributed by atoms with E-state index in [2.05, 4.69) is 29.2 Å². The summed E-state index contributed by atoms with van der Waals surface area (Å²) >= 11 is 0. The fourth-order valence-electron chi connectivity index (χ4n) is 2.53. The van der Waals surface area contributed by atoms with Gasteiger partial charge in [0.15, 0.2) is 0 Å². The highest BCUT2D eigenvalue weighted by molar-refractivity contribution is 6.02.